The molecule has 6 nitrogen and oxygen atoms in total. The zero-order chi connectivity index (χ0) is 25.2. The van der Waals surface area contributed by atoms with Gasteiger partial charge in [0.1, 0.15) is 5.82 Å². The molecular weight excluding hydrogens is 478 g/mol. The molecule has 4 aromatic rings. The molecule has 190 valence electrons. The topological polar surface area (TPSA) is 70.2 Å². The second-order valence-corrected chi connectivity index (χ2v) is 11.8. The first-order chi connectivity index (χ1) is 18.1. The first-order valence-corrected chi connectivity index (χ1v) is 14.4. The minimum absolute atomic E-state index is 0.0650. The summed E-state index contributed by atoms with van der Waals surface area (Å²) in [6, 6.07) is 25.0. The number of hydrogen-bond donors (Lipinski definition) is 2. The van der Waals surface area contributed by atoms with Gasteiger partial charge in [-0.1, -0.05) is 60.2 Å². The van der Waals surface area contributed by atoms with Gasteiger partial charge in [0.05, 0.1) is 16.3 Å². The van der Waals surface area contributed by atoms with E-state index < -0.39 is 10.8 Å². The normalized spacial score (nSPS) is 18.6. The first kappa shape index (κ1) is 24.1. The van der Waals surface area contributed by atoms with E-state index in [0.717, 1.165) is 53.1 Å². The predicted molar refractivity (Wildman–Crippen MR) is 151 cm³/mol. The van der Waals surface area contributed by atoms with E-state index in [4.69, 9.17) is 9.97 Å². The molecule has 0 radical (unpaired) electrons. The van der Waals surface area contributed by atoms with E-state index in [1.165, 1.54) is 17.5 Å². The Bertz CT molecular complexity index is 1440. The van der Waals surface area contributed by atoms with E-state index in [-0.39, 0.29) is 5.54 Å². The summed E-state index contributed by atoms with van der Waals surface area (Å²) in [6.07, 6.45) is 3.54. The van der Waals surface area contributed by atoms with Gasteiger partial charge in [0.2, 0.25) is 5.95 Å². The van der Waals surface area contributed by atoms with Crippen molar-refractivity contribution in [1.82, 2.24) is 15.3 Å². The molecule has 1 unspecified atom stereocenters. The van der Waals surface area contributed by atoms with Crippen LogP contribution in [0.3, 0.4) is 0 Å². The highest BCUT2D eigenvalue weighted by Crippen LogP contribution is 2.34. The van der Waals surface area contributed by atoms with Crippen LogP contribution in [0.4, 0.5) is 11.8 Å². The van der Waals surface area contributed by atoms with Gasteiger partial charge in [0.25, 0.3) is 0 Å². The van der Waals surface area contributed by atoms with Crippen LogP contribution in [0.15, 0.2) is 77.7 Å². The minimum atomic E-state index is -1.01. The fourth-order valence-electron chi connectivity index (χ4n) is 5.28. The third-order valence-electron chi connectivity index (χ3n) is 7.66. The smallest absolute Gasteiger partial charge is 0.228 e. The standard InChI is InChI=1S/C30H33N5OS/c1-22-12-13-26-25(18-22)28(31-21-30(14-7-15-30)32-19-23-8-3-2-4-9-23)34-29(33-26)35-16-17-37(36)27-11-6-5-10-24(27)20-35/h2-6,8-13,18,32H,7,14-17,19-21H2,1H3,(H,31,33,34). The number of nitrogens with one attached hydrogen (secondary N) is 2. The van der Waals surface area contributed by atoms with E-state index in [2.05, 4.69) is 77.1 Å². The van der Waals surface area contributed by atoms with E-state index >= 15 is 0 Å². The molecule has 0 amide bonds. The Hall–Kier alpha value is -3.29. The van der Waals surface area contributed by atoms with Gasteiger partial charge < -0.3 is 15.5 Å². The monoisotopic (exact) mass is 511 g/mol. The van der Waals surface area contributed by atoms with E-state index in [1.54, 1.807) is 0 Å². The van der Waals surface area contributed by atoms with Gasteiger partial charge in [0.15, 0.2) is 0 Å². The number of hydrogen-bond acceptors (Lipinski definition) is 6. The Morgan fingerprint density at radius 1 is 1.00 bits per heavy atom. The van der Waals surface area contributed by atoms with E-state index in [0.29, 0.717) is 24.8 Å². The van der Waals surface area contributed by atoms with Crippen molar-refractivity contribution in [3.05, 3.63) is 89.5 Å². The number of anilines is 2. The van der Waals surface area contributed by atoms with Crippen molar-refractivity contribution in [2.45, 2.75) is 49.7 Å². The maximum Gasteiger partial charge on any atom is 0.228 e. The molecule has 6 rings (SSSR count). The van der Waals surface area contributed by atoms with Crippen molar-refractivity contribution in [1.29, 1.82) is 0 Å². The second-order valence-electron chi connectivity index (χ2n) is 10.3. The van der Waals surface area contributed by atoms with Crippen LogP contribution in [0.1, 0.15) is 36.0 Å². The molecule has 2 aliphatic rings. The van der Waals surface area contributed by atoms with Crippen LogP contribution in [0.25, 0.3) is 10.9 Å². The quantitative estimate of drug-likeness (QED) is 0.356. The number of nitrogens with zero attached hydrogens (tertiary/aromatic N) is 3. The summed E-state index contributed by atoms with van der Waals surface area (Å²) in [4.78, 5) is 13.1. The number of aromatic nitrogens is 2. The summed E-state index contributed by atoms with van der Waals surface area (Å²) in [5, 5.41) is 8.59. The molecule has 1 atom stereocenters. The van der Waals surface area contributed by atoms with Crippen LogP contribution >= 0.6 is 0 Å². The fourth-order valence-corrected chi connectivity index (χ4v) is 6.54. The summed E-state index contributed by atoms with van der Waals surface area (Å²) in [5.74, 6) is 2.13. The van der Waals surface area contributed by atoms with Gasteiger partial charge in [-0.2, -0.15) is 4.98 Å². The molecule has 2 N–H and O–H groups in total. The number of fused-ring (bicyclic) bond motifs is 2. The van der Waals surface area contributed by atoms with Crippen molar-refractivity contribution >= 4 is 33.5 Å². The third-order valence-corrected chi connectivity index (χ3v) is 9.11. The summed E-state index contributed by atoms with van der Waals surface area (Å²) in [6.45, 7) is 5.09. The van der Waals surface area contributed by atoms with Gasteiger partial charge in [-0.15, -0.1) is 0 Å². The maximum absolute atomic E-state index is 12.8. The van der Waals surface area contributed by atoms with Gasteiger partial charge in [-0.05, 0) is 55.5 Å². The van der Waals surface area contributed by atoms with Crippen molar-refractivity contribution in [2.75, 3.05) is 29.1 Å². The molecule has 1 aromatic heterocycles. The summed E-state index contributed by atoms with van der Waals surface area (Å²) in [5.41, 5.74) is 4.57. The third kappa shape index (κ3) is 5.11. The van der Waals surface area contributed by atoms with Gasteiger partial charge in [-0.25, -0.2) is 4.98 Å². The highest BCUT2D eigenvalue weighted by atomic mass is 32.2. The molecule has 1 fully saturated rings. The van der Waals surface area contributed by atoms with E-state index in [9.17, 15) is 4.21 Å². The highest BCUT2D eigenvalue weighted by Gasteiger charge is 2.36. The molecule has 0 saturated heterocycles. The first-order valence-electron chi connectivity index (χ1n) is 13.1. The van der Waals surface area contributed by atoms with Gasteiger partial charge in [-0.3, -0.25) is 4.21 Å². The van der Waals surface area contributed by atoms with Gasteiger partial charge >= 0.3 is 0 Å². The summed E-state index contributed by atoms with van der Waals surface area (Å²) >= 11 is 0. The molecule has 1 saturated carbocycles. The molecule has 3 aromatic carbocycles. The predicted octanol–water partition coefficient (Wildman–Crippen LogP) is 5.19. The Morgan fingerprint density at radius 3 is 2.62 bits per heavy atom. The van der Waals surface area contributed by atoms with Crippen molar-refractivity contribution in [2.24, 2.45) is 0 Å². The molecule has 1 aliphatic heterocycles. The molecule has 7 heteroatoms. The average Bonchev–Trinajstić information content (AvgIpc) is 3.07. The average molecular weight is 512 g/mol. The largest absolute Gasteiger partial charge is 0.368 e. The lowest BCUT2D eigenvalue weighted by atomic mass is 9.76. The lowest BCUT2D eigenvalue weighted by Crippen LogP contribution is -2.55. The summed E-state index contributed by atoms with van der Waals surface area (Å²) in [7, 11) is -1.01. The molecular formula is C30H33N5OS. The zero-order valence-corrected chi connectivity index (χ0v) is 22.1. The Labute approximate surface area is 221 Å². The summed E-state index contributed by atoms with van der Waals surface area (Å²) < 4.78 is 12.8. The van der Waals surface area contributed by atoms with Crippen LogP contribution in [-0.2, 0) is 23.9 Å². The lowest BCUT2D eigenvalue weighted by Gasteiger charge is -2.43. The Balaban J connectivity index is 1.28. The second kappa shape index (κ2) is 10.2. The number of rotatable bonds is 7. The lowest BCUT2D eigenvalue weighted by molar-refractivity contribution is 0.197. The minimum Gasteiger partial charge on any atom is -0.368 e. The molecule has 0 spiro atoms. The van der Waals surface area contributed by atoms with Gasteiger partial charge in [0, 0.05) is 47.8 Å². The molecule has 37 heavy (non-hydrogen) atoms. The molecule has 0 bridgehead atoms. The van der Waals surface area contributed by atoms with Crippen molar-refractivity contribution in [3.63, 3.8) is 0 Å². The number of benzene rings is 3. The van der Waals surface area contributed by atoms with Crippen LogP contribution in [0.2, 0.25) is 0 Å². The van der Waals surface area contributed by atoms with Crippen molar-refractivity contribution < 1.29 is 4.21 Å². The Morgan fingerprint density at radius 2 is 1.81 bits per heavy atom. The SMILES string of the molecule is Cc1ccc2nc(N3CCS(=O)c4ccccc4C3)nc(NCC3(NCc4ccccc4)CCC3)c2c1. The molecule has 1 aliphatic carbocycles. The highest BCUT2D eigenvalue weighted by molar-refractivity contribution is 7.85. The Kier molecular flexibility index (Phi) is 6.65. The fraction of sp³-hybridized carbons (Fsp3) is 0.333. The van der Waals surface area contributed by atoms with Crippen LogP contribution in [0.5, 0.6) is 0 Å². The van der Waals surface area contributed by atoms with Crippen LogP contribution in [0, 0.1) is 6.92 Å². The number of aryl methyl sites for hydroxylation is 1. The van der Waals surface area contributed by atoms with Crippen molar-refractivity contribution in [3.8, 4) is 0 Å². The zero-order valence-electron chi connectivity index (χ0n) is 21.2. The van der Waals surface area contributed by atoms with E-state index in [1.807, 2.05) is 18.2 Å². The van der Waals surface area contributed by atoms with Crippen LogP contribution < -0.4 is 15.5 Å². The van der Waals surface area contributed by atoms with Crippen LogP contribution in [-0.4, -0.2) is 38.6 Å². The maximum atomic E-state index is 12.8. The molecule has 2 heterocycles.